The average molecular weight is 363 g/mol. The number of hydrogen-bond acceptors (Lipinski definition) is 4. The van der Waals surface area contributed by atoms with Crippen LogP contribution in [-0.4, -0.2) is 22.4 Å². The first-order valence-corrected chi connectivity index (χ1v) is 8.43. The summed E-state index contributed by atoms with van der Waals surface area (Å²) in [7, 11) is 0. The summed E-state index contributed by atoms with van der Waals surface area (Å²) in [6, 6.07) is 13.5. The molecule has 0 unspecified atom stereocenters. The summed E-state index contributed by atoms with van der Waals surface area (Å²) in [6.07, 6.45) is 8.42. The Morgan fingerprint density at radius 2 is 2.00 bits per heavy atom. The molecule has 1 N–H and O–H groups in total. The van der Waals surface area contributed by atoms with Gasteiger partial charge in [-0.25, -0.2) is 9.37 Å². The first-order chi connectivity index (χ1) is 13.2. The van der Waals surface area contributed by atoms with Crippen molar-refractivity contribution in [2.75, 3.05) is 6.54 Å². The second-order valence-corrected chi connectivity index (χ2v) is 5.72. The molecule has 0 aliphatic heterocycles. The fourth-order valence-electron chi connectivity index (χ4n) is 2.36. The van der Waals surface area contributed by atoms with Gasteiger partial charge in [-0.1, -0.05) is 24.3 Å². The molecule has 0 saturated carbocycles. The number of aromatic nitrogens is 2. The SMILES string of the molecule is O=C(C=Cc1ccc(F)cc1)NCCc1cccc(Oc2cnccn2)c1. The molecular weight excluding hydrogens is 345 g/mol. The Morgan fingerprint density at radius 3 is 2.78 bits per heavy atom. The summed E-state index contributed by atoms with van der Waals surface area (Å²) in [5, 5.41) is 2.82. The van der Waals surface area contributed by atoms with Crippen molar-refractivity contribution in [3.05, 3.63) is 90.1 Å². The third-order valence-electron chi connectivity index (χ3n) is 3.67. The van der Waals surface area contributed by atoms with Crippen molar-refractivity contribution in [2.24, 2.45) is 0 Å². The van der Waals surface area contributed by atoms with E-state index in [2.05, 4.69) is 15.3 Å². The van der Waals surface area contributed by atoms with Crippen LogP contribution >= 0.6 is 0 Å². The number of rotatable bonds is 7. The third kappa shape index (κ3) is 6.04. The Kier molecular flexibility index (Phi) is 6.25. The van der Waals surface area contributed by atoms with E-state index in [0.717, 1.165) is 11.1 Å². The minimum atomic E-state index is -0.304. The Bertz CT molecular complexity index is 912. The molecule has 0 fully saturated rings. The Balaban J connectivity index is 1.48. The van der Waals surface area contributed by atoms with Gasteiger partial charge in [0, 0.05) is 25.0 Å². The van der Waals surface area contributed by atoms with Crippen molar-refractivity contribution < 1.29 is 13.9 Å². The Hall–Kier alpha value is -3.54. The maximum Gasteiger partial charge on any atom is 0.244 e. The molecule has 6 heteroatoms. The molecule has 0 atom stereocenters. The average Bonchev–Trinajstić information content (AvgIpc) is 2.69. The molecule has 2 aromatic carbocycles. The molecule has 0 radical (unpaired) electrons. The number of hydrogen-bond donors (Lipinski definition) is 1. The Labute approximate surface area is 156 Å². The summed E-state index contributed by atoms with van der Waals surface area (Å²) >= 11 is 0. The molecular formula is C21H18FN3O2. The zero-order valence-corrected chi connectivity index (χ0v) is 14.5. The largest absolute Gasteiger partial charge is 0.437 e. The molecule has 1 amide bonds. The number of halogens is 1. The molecule has 136 valence electrons. The maximum atomic E-state index is 12.8. The highest BCUT2D eigenvalue weighted by atomic mass is 19.1. The fraction of sp³-hybridized carbons (Fsp3) is 0.0952. The second kappa shape index (κ2) is 9.24. The second-order valence-electron chi connectivity index (χ2n) is 5.72. The van der Waals surface area contributed by atoms with Crippen molar-refractivity contribution in [2.45, 2.75) is 6.42 Å². The van der Waals surface area contributed by atoms with Crippen molar-refractivity contribution >= 4 is 12.0 Å². The van der Waals surface area contributed by atoms with E-state index in [1.54, 1.807) is 36.8 Å². The number of ether oxygens (including phenoxy) is 1. The van der Waals surface area contributed by atoms with Gasteiger partial charge >= 0.3 is 0 Å². The van der Waals surface area contributed by atoms with Gasteiger partial charge in [0.25, 0.3) is 0 Å². The van der Waals surface area contributed by atoms with Crippen LogP contribution in [0, 0.1) is 5.82 Å². The molecule has 0 aliphatic rings. The van der Waals surface area contributed by atoms with Crippen LogP contribution in [0.4, 0.5) is 4.39 Å². The van der Waals surface area contributed by atoms with E-state index in [-0.39, 0.29) is 11.7 Å². The lowest BCUT2D eigenvalue weighted by Gasteiger charge is -2.07. The number of nitrogens with one attached hydrogen (secondary N) is 1. The Morgan fingerprint density at radius 1 is 1.15 bits per heavy atom. The predicted molar refractivity (Wildman–Crippen MR) is 101 cm³/mol. The van der Waals surface area contributed by atoms with Crippen LogP contribution < -0.4 is 10.1 Å². The van der Waals surface area contributed by atoms with Crippen LogP contribution in [0.25, 0.3) is 6.08 Å². The van der Waals surface area contributed by atoms with Crippen LogP contribution in [0.2, 0.25) is 0 Å². The van der Waals surface area contributed by atoms with Crippen LogP contribution in [-0.2, 0) is 11.2 Å². The van der Waals surface area contributed by atoms with Crippen molar-refractivity contribution in [1.29, 1.82) is 0 Å². The first kappa shape index (κ1) is 18.3. The van der Waals surface area contributed by atoms with Crippen LogP contribution in [0.5, 0.6) is 11.6 Å². The molecule has 1 aromatic heterocycles. The van der Waals surface area contributed by atoms with Gasteiger partial charge in [-0.2, -0.15) is 0 Å². The van der Waals surface area contributed by atoms with E-state index in [1.807, 2.05) is 24.3 Å². The quantitative estimate of drug-likeness (QED) is 0.649. The van der Waals surface area contributed by atoms with E-state index >= 15 is 0 Å². The topological polar surface area (TPSA) is 64.1 Å². The highest BCUT2D eigenvalue weighted by molar-refractivity contribution is 5.91. The molecule has 27 heavy (non-hydrogen) atoms. The van der Waals surface area contributed by atoms with E-state index in [4.69, 9.17) is 4.74 Å². The molecule has 5 nitrogen and oxygen atoms in total. The summed E-state index contributed by atoms with van der Waals surface area (Å²) in [5.74, 6) is 0.581. The zero-order chi connectivity index (χ0) is 18.9. The molecule has 3 rings (SSSR count). The van der Waals surface area contributed by atoms with Gasteiger partial charge in [0.2, 0.25) is 11.8 Å². The van der Waals surface area contributed by atoms with Crippen LogP contribution in [0.1, 0.15) is 11.1 Å². The normalized spacial score (nSPS) is 10.7. The summed E-state index contributed by atoms with van der Waals surface area (Å²) < 4.78 is 18.5. The van der Waals surface area contributed by atoms with Crippen molar-refractivity contribution in [1.82, 2.24) is 15.3 Å². The lowest BCUT2D eigenvalue weighted by atomic mass is 10.1. The number of carbonyl (C=O) groups is 1. The van der Waals surface area contributed by atoms with Gasteiger partial charge in [0.05, 0.1) is 6.20 Å². The first-order valence-electron chi connectivity index (χ1n) is 8.43. The third-order valence-corrected chi connectivity index (χ3v) is 3.67. The highest BCUT2D eigenvalue weighted by Gasteiger charge is 2.01. The van der Waals surface area contributed by atoms with Crippen molar-refractivity contribution in [3.63, 3.8) is 0 Å². The van der Waals surface area contributed by atoms with E-state index in [1.165, 1.54) is 18.2 Å². The molecule has 0 saturated heterocycles. The number of nitrogens with zero attached hydrogens (tertiary/aromatic N) is 2. The molecule has 1 heterocycles. The smallest absolute Gasteiger partial charge is 0.244 e. The van der Waals surface area contributed by atoms with Crippen LogP contribution in [0.3, 0.4) is 0 Å². The van der Waals surface area contributed by atoms with Gasteiger partial charge in [-0.05, 0) is 47.9 Å². The van der Waals surface area contributed by atoms with Gasteiger partial charge in [-0.15, -0.1) is 0 Å². The molecule has 3 aromatic rings. The monoisotopic (exact) mass is 363 g/mol. The van der Waals surface area contributed by atoms with E-state index < -0.39 is 0 Å². The summed E-state index contributed by atoms with van der Waals surface area (Å²) in [4.78, 5) is 19.9. The molecule has 0 bridgehead atoms. The van der Waals surface area contributed by atoms with Crippen molar-refractivity contribution in [3.8, 4) is 11.6 Å². The molecule has 0 spiro atoms. The van der Waals surface area contributed by atoms with Gasteiger partial charge in [0.15, 0.2) is 0 Å². The standard InChI is InChI=1S/C21H18FN3O2/c22-18-7-4-16(5-8-18)6-9-20(26)24-11-10-17-2-1-3-19(14-17)27-21-15-23-12-13-25-21/h1-9,12-15H,10-11H2,(H,24,26). The molecule has 0 aliphatic carbocycles. The fourth-order valence-corrected chi connectivity index (χ4v) is 2.36. The minimum absolute atomic E-state index is 0.203. The lowest BCUT2D eigenvalue weighted by Crippen LogP contribution is -2.23. The number of benzene rings is 2. The predicted octanol–water partition coefficient (Wildman–Crippen LogP) is 3.78. The van der Waals surface area contributed by atoms with Gasteiger partial charge in [-0.3, -0.25) is 9.78 Å². The summed E-state index contributed by atoms with van der Waals surface area (Å²) in [5.41, 5.74) is 1.79. The number of carbonyl (C=O) groups excluding carboxylic acids is 1. The van der Waals surface area contributed by atoms with Gasteiger partial charge < -0.3 is 10.1 Å². The van der Waals surface area contributed by atoms with Crippen LogP contribution in [0.15, 0.2) is 73.2 Å². The zero-order valence-electron chi connectivity index (χ0n) is 14.5. The maximum absolute atomic E-state index is 12.8. The van der Waals surface area contributed by atoms with E-state index in [0.29, 0.717) is 24.6 Å². The summed E-state index contributed by atoms with van der Waals surface area (Å²) in [6.45, 7) is 0.487. The number of amides is 1. The lowest BCUT2D eigenvalue weighted by molar-refractivity contribution is -0.116. The minimum Gasteiger partial charge on any atom is -0.437 e. The highest BCUT2D eigenvalue weighted by Crippen LogP contribution is 2.19. The van der Waals surface area contributed by atoms with E-state index in [9.17, 15) is 9.18 Å². The van der Waals surface area contributed by atoms with Gasteiger partial charge in [0.1, 0.15) is 11.6 Å².